The van der Waals surface area contributed by atoms with E-state index >= 15 is 0 Å². The van der Waals surface area contributed by atoms with Crippen LogP contribution < -0.4 is 26.6 Å². The summed E-state index contributed by atoms with van der Waals surface area (Å²) in [4.78, 5) is 76.5. The maximum absolute atomic E-state index is 13.5. The molecule has 11 heteroatoms. The third-order valence-corrected chi connectivity index (χ3v) is 9.55. The molecule has 0 aromatic heterocycles. The lowest BCUT2D eigenvalue weighted by Gasteiger charge is -2.24. The molecule has 0 aromatic rings. The highest BCUT2D eigenvalue weighted by atomic mass is 16.2. The van der Waals surface area contributed by atoms with Gasteiger partial charge in [0, 0.05) is 69.2 Å². The monoisotopic (exact) mass is 748 g/mol. The molecular formula is C42H77N5O6. The molecule has 0 radical (unpaired) electrons. The molecule has 5 N–H and O–H groups in total. The Balaban J connectivity index is 5.66. The van der Waals surface area contributed by atoms with Crippen molar-refractivity contribution in [2.45, 2.75) is 207 Å². The molecule has 0 rings (SSSR count). The van der Waals surface area contributed by atoms with Gasteiger partial charge >= 0.3 is 0 Å². The summed E-state index contributed by atoms with van der Waals surface area (Å²) in [5.41, 5.74) is 0. The molecule has 306 valence electrons. The van der Waals surface area contributed by atoms with Crippen molar-refractivity contribution in [3.8, 4) is 0 Å². The van der Waals surface area contributed by atoms with Crippen molar-refractivity contribution in [3.63, 3.8) is 0 Å². The van der Waals surface area contributed by atoms with Crippen LogP contribution in [0.4, 0.5) is 0 Å². The summed E-state index contributed by atoms with van der Waals surface area (Å²) >= 11 is 0. The maximum Gasteiger partial charge on any atom is 0.222 e. The minimum Gasteiger partial charge on any atom is -0.391 e. The van der Waals surface area contributed by atoms with Gasteiger partial charge in [-0.25, -0.2) is 0 Å². The fourth-order valence-corrected chi connectivity index (χ4v) is 6.61. The van der Waals surface area contributed by atoms with E-state index < -0.39 is 18.1 Å². The molecule has 0 fully saturated rings. The second-order valence-corrected chi connectivity index (χ2v) is 15.3. The second-order valence-electron chi connectivity index (χ2n) is 15.3. The van der Waals surface area contributed by atoms with Gasteiger partial charge in [0.2, 0.25) is 23.6 Å². The molecule has 5 atom stereocenters. The van der Waals surface area contributed by atoms with Gasteiger partial charge in [0.15, 0.2) is 0 Å². The highest BCUT2D eigenvalue weighted by molar-refractivity contribution is 5.83. The lowest BCUT2D eigenvalue weighted by Crippen LogP contribution is -2.46. The minimum absolute atomic E-state index is 0.00399. The molecule has 0 aliphatic heterocycles. The summed E-state index contributed by atoms with van der Waals surface area (Å²) in [7, 11) is 0. The molecule has 11 nitrogen and oxygen atoms in total. The molecule has 0 bridgehead atoms. The number of ketones is 2. The topological polar surface area (TPSA) is 163 Å². The highest BCUT2D eigenvalue weighted by Gasteiger charge is 2.24. The Morgan fingerprint density at radius 1 is 0.491 bits per heavy atom. The van der Waals surface area contributed by atoms with Crippen LogP contribution in [0.25, 0.3) is 0 Å². The van der Waals surface area contributed by atoms with E-state index in [1.165, 1.54) is 13.8 Å². The Bertz CT molecular complexity index is 1070. The first-order valence-corrected chi connectivity index (χ1v) is 20.8. The van der Waals surface area contributed by atoms with Crippen LogP contribution in [0.15, 0.2) is 12.8 Å². The van der Waals surface area contributed by atoms with Crippen LogP contribution in [0.2, 0.25) is 0 Å². The van der Waals surface area contributed by atoms with Crippen molar-refractivity contribution in [1.82, 2.24) is 26.6 Å². The van der Waals surface area contributed by atoms with E-state index in [2.05, 4.69) is 60.9 Å². The van der Waals surface area contributed by atoms with Gasteiger partial charge in [-0.15, -0.1) is 0 Å². The SMILES string of the molecule is C=CNCCCCC(CC(=O)NC(CCCCC)CC(=O)NC(CCC(C)=O)CC(C)=O)NC(=O)CC(CCCCC)NC(=O)CC(C)CCCCC. The van der Waals surface area contributed by atoms with Crippen LogP contribution in [0.1, 0.15) is 183 Å². The van der Waals surface area contributed by atoms with Crippen molar-refractivity contribution in [2.75, 3.05) is 6.54 Å². The van der Waals surface area contributed by atoms with Gasteiger partial charge < -0.3 is 31.4 Å². The van der Waals surface area contributed by atoms with Gasteiger partial charge in [0.25, 0.3) is 0 Å². The Kier molecular flexibility index (Phi) is 30.2. The zero-order chi connectivity index (χ0) is 39.9. The van der Waals surface area contributed by atoms with Gasteiger partial charge in [-0.2, -0.15) is 0 Å². The first-order valence-electron chi connectivity index (χ1n) is 20.8. The van der Waals surface area contributed by atoms with Crippen molar-refractivity contribution < 1.29 is 28.8 Å². The summed E-state index contributed by atoms with van der Waals surface area (Å²) in [5, 5.41) is 15.3. The number of nitrogens with one attached hydrogen (secondary N) is 5. The van der Waals surface area contributed by atoms with Crippen LogP contribution in [0, 0.1) is 5.92 Å². The first kappa shape index (κ1) is 49.8. The average Bonchev–Trinajstić information content (AvgIpc) is 3.06. The molecule has 0 saturated carbocycles. The number of carbonyl (C=O) groups excluding carboxylic acids is 6. The molecule has 0 aliphatic rings. The molecule has 0 aromatic carbocycles. The second kappa shape index (κ2) is 32.2. The zero-order valence-electron chi connectivity index (χ0n) is 34.4. The summed E-state index contributed by atoms with van der Waals surface area (Å²) in [6, 6.07) is -1.52. The predicted octanol–water partition coefficient (Wildman–Crippen LogP) is 7.11. The fourth-order valence-electron chi connectivity index (χ4n) is 6.61. The number of amides is 4. The van der Waals surface area contributed by atoms with Crippen LogP contribution in [-0.2, 0) is 28.8 Å². The number of rotatable bonds is 35. The molecule has 0 saturated heterocycles. The number of Topliss-reactive ketones (excluding diaryl/α,β-unsaturated/α-hetero) is 2. The molecule has 53 heavy (non-hydrogen) atoms. The molecule has 0 heterocycles. The van der Waals surface area contributed by atoms with Crippen molar-refractivity contribution >= 4 is 35.2 Å². The largest absolute Gasteiger partial charge is 0.391 e. The Hall–Kier alpha value is -3.24. The smallest absolute Gasteiger partial charge is 0.222 e. The summed E-state index contributed by atoms with van der Waals surface area (Å²) in [6.07, 6.45) is 17.0. The van der Waals surface area contributed by atoms with Crippen LogP contribution in [-0.4, -0.2) is 65.9 Å². The minimum atomic E-state index is -0.434. The average molecular weight is 748 g/mol. The lowest BCUT2D eigenvalue weighted by molar-refractivity contribution is -0.125. The molecule has 0 aliphatic carbocycles. The first-order chi connectivity index (χ1) is 25.3. The van der Waals surface area contributed by atoms with E-state index in [-0.39, 0.29) is 79.3 Å². The number of hydrogen-bond donors (Lipinski definition) is 5. The van der Waals surface area contributed by atoms with E-state index in [1.54, 1.807) is 6.20 Å². The third kappa shape index (κ3) is 29.9. The normalized spacial score (nSPS) is 13.8. The molecule has 5 unspecified atom stereocenters. The Morgan fingerprint density at radius 3 is 1.25 bits per heavy atom. The van der Waals surface area contributed by atoms with E-state index in [0.717, 1.165) is 90.0 Å². The Morgan fingerprint density at radius 2 is 0.868 bits per heavy atom. The van der Waals surface area contributed by atoms with Crippen molar-refractivity contribution in [2.24, 2.45) is 5.92 Å². The number of hydrogen-bond acceptors (Lipinski definition) is 7. The molecule has 4 amide bonds. The summed E-state index contributed by atoms with van der Waals surface area (Å²) < 4.78 is 0. The lowest BCUT2D eigenvalue weighted by atomic mass is 9.98. The standard InChI is InChI=1S/C42H77N5O6/c1-8-12-15-20-32(5)27-39(50)44-35(21-16-13-9-2)29-40(51)46-37(23-18-19-26-43-11-4)31-41(52)45-36(22-17-14-10-3)30-42(53)47-38(28-34(7)49)25-24-33(6)48/h11,32,35-38,43H,4,8-10,12-31H2,1-3,5-7H3,(H,44,50)(H,45,52)(H,46,51)(H,47,53). The zero-order valence-corrected chi connectivity index (χ0v) is 34.4. The van der Waals surface area contributed by atoms with E-state index in [4.69, 9.17) is 0 Å². The van der Waals surface area contributed by atoms with Crippen LogP contribution in [0.3, 0.4) is 0 Å². The van der Waals surface area contributed by atoms with Crippen LogP contribution in [0.5, 0.6) is 0 Å². The molecular weight excluding hydrogens is 670 g/mol. The highest BCUT2D eigenvalue weighted by Crippen LogP contribution is 2.15. The van der Waals surface area contributed by atoms with Gasteiger partial charge in [-0.1, -0.05) is 98.5 Å². The van der Waals surface area contributed by atoms with E-state index in [1.807, 2.05) is 0 Å². The number of carbonyl (C=O) groups is 6. The van der Waals surface area contributed by atoms with Gasteiger partial charge in [-0.05, 0) is 64.5 Å². The van der Waals surface area contributed by atoms with E-state index in [0.29, 0.717) is 25.7 Å². The van der Waals surface area contributed by atoms with Crippen LogP contribution >= 0.6 is 0 Å². The maximum atomic E-state index is 13.5. The van der Waals surface area contributed by atoms with Gasteiger partial charge in [0.05, 0.1) is 0 Å². The quantitative estimate of drug-likeness (QED) is 0.0432. The van der Waals surface area contributed by atoms with E-state index in [9.17, 15) is 28.8 Å². The van der Waals surface area contributed by atoms with Crippen molar-refractivity contribution in [1.29, 1.82) is 0 Å². The number of unbranched alkanes of at least 4 members (excludes halogenated alkanes) is 7. The molecule has 0 spiro atoms. The summed E-state index contributed by atoms with van der Waals surface area (Å²) in [5.74, 6) is -0.499. The Labute approximate surface area is 322 Å². The van der Waals surface area contributed by atoms with Crippen molar-refractivity contribution in [3.05, 3.63) is 12.8 Å². The fraction of sp³-hybridized carbons (Fsp3) is 0.810. The summed E-state index contributed by atoms with van der Waals surface area (Å²) in [6.45, 7) is 15.9. The van der Waals surface area contributed by atoms with Gasteiger partial charge in [-0.3, -0.25) is 24.0 Å². The van der Waals surface area contributed by atoms with Gasteiger partial charge in [0.1, 0.15) is 11.6 Å². The predicted molar refractivity (Wildman–Crippen MR) is 215 cm³/mol. The third-order valence-electron chi connectivity index (χ3n) is 9.55.